The molecule has 0 aliphatic carbocycles. The molecular formula is C22H19BrO3. The first-order chi connectivity index (χ1) is 12.6. The summed E-state index contributed by atoms with van der Waals surface area (Å²) in [6.45, 7) is 2.52. The molecule has 132 valence electrons. The summed E-state index contributed by atoms with van der Waals surface area (Å²) in [6, 6.07) is 22.8. The van der Waals surface area contributed by atoms with Crippen molar-refractivity contribution in [1.29, 1.82) is 0 Å². The molecule has 0 unspecified atom stereocenters. The summed E-state index contributed by atoms with van der Waals surface area (Å²) in [6.07, 6.45) is 0.824. The molecule has 0 spiro atoms. The molecule has 3 rings (SSSR count). The van der Waals surface area contributed by atoms with Crippen molar-refractivity contribution in [1.82, 2.24) is 0 Å². The highest BCUT2D eigenvalue weighted by Crippen LogP contribution is 2.27. The summed E-state index contributed by atoms with van der Waals surface area (Å²) in [7, 11) is 0. The van der Waals surface area contributed by atoms with Crippen molar-refractivity contribution in [2.45, 2.75) is 13.3 Å². The smallest absolute Gasteiger partial charge is 0.343 e. The highest BCUT2D eigenvalue weighted by molar-refractivity contribution is 9.10. The summed E-state index contributed by atoms with van der Waals surface area (Å²) < 4.78 is 12.0. The molecule has 4 heteroatoms. The average Bonchev–Trinajstić information content (AvgIpc) is 2.64. The predicted molar refractivity (Wildman–Crippen MR) is 106 cm³/mol. The van der Waals surface area contributed by atoms with Gasteiger partial charge in [-0.3, -0.25) is 0 Å². The first-order valence-corrected chi connectivity index (χ1v) is 9.16. The van der Waals surface area contributed by atoms with Gasteiger partial charge in [0.1, 0.15) is 11.5 Å². The zero-order chi connectivity index (χ0) is 18.4. The largest absolute Gasteiger partial charge is 0.492 e. The van der Waals surface area contributed by atoms with Crippen LogP contribution in [0.2, 0.25) is 0 Å². The number of esters is 1. The number of hydrogen-bond acceptors (Lipinski definition) is 3. The van der Waals surface area contributed by atoms with Crippen LogP contribution in [0, 0.1) is 6.92 Å². The molecule has 3 nitrogen and oxygen atoms in total. The minimum atomic E-state index is -0.396. The molecule has 0 radical (unpaired) electrons. The number of aryl methyl sites for hydroxylation is 1. The van der Waals surface area contributed by atoms with Gasteiger partial charge in [-0.05, 0) is 64.3 Å². The van der Waals surface area contributed by atoms with Crippen LogP contribution in [0.15, 0.2) is 77.3 Å². The van der Waals surface area contributed by atoms with Gasteiger partial charge in [0.05, 0.1) is 16.6 Å². The van der Waals surface area contributed by atoms with Crippen LogP contribution in [-0.4, -0.2) is 12.6 Å². The average molecular weight is 411 g/mol. The summed E-state index contributed by atoms with van der Waals surface area (Å²) in [5, 5.41) is 0. The molecule has 0 aliphatic rings. The second-order valence-electron chi connectivity index (χ2n) is 5.94. The highest BCUT2D eigenvalue weighted by Gasteiger charge is 2.12. The third-order valence-corrected chi connectivity index (χ3v) is 4.48. The van der Waals surface area contributed by atoms with E-state index in [9.17, 15) is 4.79 Å². The van der Waals surface area contributed by atoms with Gasteiger partial charge in [0, 0.05) is 6.42 Å². The Morgan fingerprint density at radius 3 is 2.50 bits per heavy atom. The third-order valence-electron chi connectivity index (χ3n) is 3.86. The molecule has 0 N–H and O–H groups in total. The van der Waals surface area contributed by atoms with E-state index in [1.807, 2.05) is 43.3 Å². The standard InChI is InChI=1S/C22H19BrO3/c1-16-6-5-9-19(14-16)26-22(24)18-10-11-21(20(23)15-18)25-13-12-17-7-3-2-4-8-17/h2-11,14-15H,12-13H2,1H3. The monoisotopic (exact) mass is 410 g/mol. The van der Waals surface area contributed by atoms with Crippen molar-refractivity contribution in [3.05, 3.63) is 94.0 Å². The predicted octanol–water partition coefficient (Wildman–Crippen LogP) is 5.60. The zero-order valence-electron chi connectivity index (χ0n) is 14.4. The molecule has 0 heterocycles. The summed E-state index contributed by atoms with van der Waals surface area (Å²) in [5.41, 5.74) is 2.73. The lowest BCUT2D eigenvalue weighted by Gasteiger charge is -2.10. The molecule has 0 amide bonds. The van der Waals surface area contributed by atoms with Crippen LogP contribution in [-0.2, 0) is 6.42 Å². The van der Waals surface area contributed by atoms with E-state index in [-0.39, 0.29) is 0 Å². The Kier molecular flexibility index (Phi) is 6.08. The maximum absolute atomic E-state index is 12.3. The Hall–Kier alpha value is -2.59. The van der Waals surface area contributed by atoms with Gasteiger partial charge in [-0.15, -0.1) is 0 Å². The van der Waals surface area contributed by atoms with E-state index < -0.39 is 5.97 Å². The number of ether oxygens (including phenoxy) is 2. The Bertz CT molecular complexity index is 891. The third kappa shape index (κ3) is 4.96. The molecular weight excluding hydrogens is 392 g/mol. The molecule has 0 bridgehead atoms. The Morgan fingerprint density at radius 2 is 1.77 bits per heavy atom. The molecule has 3 aromatic rings. The van der Waals surface area contributed by atoms with Gasteiger partial charge in [0.25, 0.3) is 0 Å². The lowest BCUT2D eigenvalue weighted by atomic mass is 10.2. The first kappa shape index (κ1) is 18.2. The van der Waals surface area contributed by atoms with Crippen molar-refractivity contribution in [3.8, 4) is 11.5 Å². The number of hydrogen-bond donors (Lipinski definition) is 0. The van der Waals surface area contributed by atoms with Crippen LogP contribution < -0.4 is 9.47 Å². The van der Waals surface area contributed by atoms with Crippen LogP contribution >= 0.6 is 15.9 Å². The van der Waals surface area contributed by atoms with Crippen LogP contribution in [0.1, 0.15) is 21.5 Å². The van der Waals surface area contributed by atoms with Gasteiger partial charge in [-0.25, -0.2) is 4.79 Å². The van der Waals surface area contributed by atoms with Gasteiger partial charge in [-0.1, -0.05) is 42.5 Å². The van der Waals surface area contributed by atoms with Crippen molar-refractivity contribution in [2.75, 3.05) is 6.61 Å². The normalized spacial score (nSPS) is 10.4. The van der Waals surface area contributed by atoms with Gasteiger partial charge in [-0.2, -0.15) is 0 Å². The number of rotatable bonds is 6. The van der Waals surface area contributed by atoms with E-state index in [0.717, 1.165) is 16.5 Å². The fourth-order valence-electron chi connectivity index (χ4n) is 2.51. The second kappa shape index (κ2) is 8.68. The van der Waals surface area contributed by atoms with E-state index in [0.29, 0.717) is 23.7 Å². The molecule has 26 heavy (non-hydrogen) atoms. The molecule has 0 fully saturated rings. The lowest BCUT2D eigenvalue weighted by molar-refractivity contribution is 0.0734. The quantitative estimate of drug-likeness (QED) is 0.391. The zero-order valence-corrected chi connectivity index (χ0v) is 16.0. The van der Waals surface area contributed by atoms with Crippen LogP contribution in [0.4, 0.5) is 0 Å². The maximum Gasteiger partial charge on any atom is 0.343 e. The van der Waals surface area contributed by atoms with E-state index >= 15 is 0 Å². The highest BCUT2D eigenvalue weighted by atomic mass is 79.9. The summed E-state index contributed by atoms with van der Waals surface area (Å²) in [5.74, 6) is 0.842. The molecule has 0 saturated carbocycles. The molecule has 0 aromatic heterocycles. The topological polar surface area (TPSA) is 35.5 Å². The fraction of sp³-hybridized carbons (Fsp3) is 0.136. The molecule has 0 saturated heterocycles. The van der Waals surface area contributed by atoms with Crippen molar-refractivity contribution in [3.63, 3.8) is 0 Å². The van der Waals surface area contributed by atoms with Gasteiger partial charge in [0.2, 0.25) is 0 Å². The molecule has 0 aliphatic heterocycles. The van der Waals surface area contributed by atoms with Crippen molar-refractivity contribution in [2.24, 2.45) is 0 Å². The number of carbonyl (C=O) groups is 1. The van der Waals surface area contributed by atoms with E-state index in [1.54, 1.807) is 24.3 Å². The van der Waals surface area contributed by atoms with E-state index in [4.69, 9.17) is 9.47 Å². The minimum absolute atomic E-state index is 0.396. The minimum Gasteiger partial charge on any atom is -0.492 e. The first-order valence-electron chi connectivity index (χ1n) is 8.37. The van der Waals surface area contributed by atoms with Crippen LogP contribution in [0.25, 0.3) is 0 Å². The molecule has 0 atom stereocenters. The lowest BCUT2D eigenvalue weighted by Crippen LogP contribution is -2.09. The van der Waals surface area contributed by atoms with Crippen LogP contribution in [0.5, 0.6) is 11.5 Å². The van der Waals surface area contributed by atoms with Gasteiger partial charge >= 0.3 is 5.97 Å². The number of carbonyl (C=O) groups excluding carboxylic acids is 1. The Labute approximate surface area is 161 Å². The summed E-state index contributed by atoms with van der Waals surface area (Å²) in [4.78, 5) is 12.3. The van der Waals surface area contributed by atoms with Crippen molar-refractivity contribution >= 4 is 21.9 Å². The molecule has 3 aromatic carbocycles. The van der Waals surface area contributed by atoms with Crippen molar-refractivity contribution < 1.29 is 14.3 Å². The van der Waals surface area contributed by atoms with E-state index in [2.05, 4.69) is 28.1 Å². The fourth-order valence-corrected chi connectivity index (χ4v) is 3.01. The maximum atomic E-state index is 12.3. The summed E-state index contributed by atoms with van der Waals surface area (Å²) >= 11 is 3.47. The Morgan fingerprint density at radius 1 is 0.962 bits per heavy atom. The van der Waals surface area contributed by atoms with Gasteiger partial charge in [0.15, 0.2) is 0 Å². The number of benzene rings is 3. The number of halogens is 1. The Balaban J connectivity index is 1.60. The second-order valence-corrected chi connectivity index (χ2v) is 6.79. The SMILES string of the molecule is Cc1cccc(OC(=O)c2ccc(OCCc3ccccc3)c(Br)c2)c1. The van der Waals surface area contributed by atoms with Gasteiger partial charge < -0.3 is 9.47 Å². The van der Waals surface area contributed by atoms with E-state index in [1.165, 1.54) is 5.56 Å². The van der Waals surface area contributed by atoms with Crippen LogP contribution in [0.3, 0.4) is 0 Å².